The van der Waals surface area contributed by atoms with E-state index in [0.717, 1.165) is 23.1 Å². The van der Waals surface area contributed by atoms with Gasteiger partial charge in [-0.25, -0.2) is 4.79 Å². The van der Waals surface area contributed by atoms with Gasteiger partial charge < -0.3 is 9.88 Å². The van der Waals surface area contributed by atoms with Gasteiger partial charge in [0.2, 0.25) is 5.91 Å². The van der Waals surface area contributed by atoms with Gasteiger partial charge >= 0.3 is 6.03 Å². The van der Waals surface area contributed by atoms with Gasteiger partial charge in [0.05, 0.1) is 6.54 Å². The quantitative estimate of drug-likeness (QED) is 0.627. The van der Waals surface area contributed by atoms with Crippen molar-refractivity contribution in [3.63, 3.8) is 0 Å². The molecule has 1 aliphatic heterocycles. The summed E-state index contributed by atoms with van der Waals surface area (Å²) < 4.78 is 2.00. The molecule has 0 unspecified atom stereocenters. The Morgan fingerprint density at radius 1 is 1.25 bits per heavy atom. The van der Waals surface area contributed by atoms with Gasteiger partial charge in [-0.05, 0) is 31.2 Å². The lowest BCUT2D eigenvalue weighted by molar-refractivity contribution is -0.124. The molecule has 1 fully saturated rings. The van der Waals surface area contributed by atoms with Crippen molar-refractivity contribution in [2.75, 3.05) is 18.8 Å². The van der Waals surface area contributed by atoms with Gasteiger partial charge in [0.1, 0.15) is 0 Å². The number of benzene rings is 1. The summed E-state index contributed by atoms with van der Waals surface area (Å²) in [5.74, 6) is 1.14. The minimum atomic E-state index is -0.334. The summed E-state index contributed by atoms with van der Waals surface area (Å²) in [6, 6.07) is 7.10. The molecular formula is C15H16ClN5O2S. The number of nitrogens with one attached hydrogen (secondary N) is 1. The van der Waals surface area contributed by atoms with Crippen LogP contribution in [-0.2, 0) is 11.3 Å². The van der Waals surface area contributed by atoms with E-state index in [4.69, 9.17) is 11.6 Å². The number of aromatic nitrogens is 3. The molecule has 126 valence electrons. The van der Waals surface area contributed by atoms with Crippen molar-refractivity contribution in [1.82, 2.24) is 25.0 Å². The van der Waals surface area contributed by atoms with Crippen molar-refractivity contribution in [2.24, 2.45) is 0 Å². The monoisotopic (exact) mass is 365 g/mol. The Morgan fingerprint density at radius 3 is 2.62 bits per heavy atom. The van der Waals surface area contributed by atoms with Gasteiger partial charge in [-0.1, -0.05) is 23.4 Å². The zero-order valence-electron chi connectivity index (χ0n) is 13.0. The van der Waals surface area contributed by atoms with Crippen LogP contribution in [0.15, 0.2) is 29.4 Å². The number of carbonyl (C=O) groups excluding carboxylic acids is 2. The maximum absolute atomic E-state index is 11.6. The predicted molar refractivity (Wildman–Crippen MR) is 92.0 cm³/mol. The summed E-state index contributed by atoms with van der Waals surface area (Å²) >= 11 is 7.39. The van der Waals surface area contributed by atoms with Crippen LogP contribution in [0.25, 0.3) is 11.4 Å². The highest BCUT2D eigenvalue weighted by molar-refractivity contribution is 7.99. The molecule has 0 saturated carbocycles. The van der Waals surface area contributed by atoms with Crippen LogP contribution in [0.1, 0.15) is 6.92 Å². The molecule has 7 nitrogen and oxygen atoms in total. The molecule has 1 saturated heterocycles. The SMILES string of the molecule is CCn1c(SCCN2C(=O)CNC2=O)nnc1-c1ccc(Cl)cc1. The van der Waals surface area contributed by atoms with Crippen LogP contribution in [0.2, 0.25) is 5.02 Å². The highest BCUT2D eigenvalue weighted by atomic mass is 35.5. The van der Waals surface area contributed by atoms with Crippen LogP contribution in [0.3, 0.4) is 0 Å². The van der Waals surface area contributed by atoms with Crippen LogP contribution in [0.5, 0.6) is 0 Å². The number of rotatable bonds is 6. The van der Waals surface area contributed by atoms with E-state index in [0.29, 0.717) is 17.3 Å². The first kappa shape index (κ1) is 16.8. The third-order valence-corrected chi connectivity index (χ3v) is 4.82. The Morgan fingerprint density at radius 2 is 2.00 bits per heavy atom. The number of imide groups is 1. The second-order valence-corrected chi connectivity index (χ2v) is 6.61. The van der Waals surface area contributed by atoms with Gasteiger partial charge in [-0.3, -0.25) is 9.69 Å². The molecule has 3 amide bonds. The van der Waals surface area contributed by atoms with Crippen molar-refractivity contribution < 1.29 is 9.59 Å². The zero-order chi connectivity index (χ0) is 17.1. The van der Waals surface area contributed by atoms with Crippen molar-refractivity contribution in [2.45, 2.75) is 18.6 Å². The third kappa shape index (κ3) is 3.39. The molecule has 0 bridgehead atoms. The van der Waals surface area contributed by atoms with Crippen LogP contribution >= 0.6 is 23.4 Å². The van der Waals surface area contributed by atoms with Gasteiger partial charge in [-0.2, -0.15) is 0 Å². The summed E-state index contributed by atoms with van der Waals surface area (Å²) in [6.07, 6.45) is 0. The topological polar surface area (TPSA) is 80.1 Å². The second kappa shape index (κ2) is 7.23. The second-order valence-electron chi connectivity index (χ2n) is 5.11. The Balaban J connectivity index is 1.69. The van der Waals surface area contributed by atoms with Gasteiger partial charge in [0, 0.05) is 29.4 Å². The number of amides is 3. The fourth-order valence-corrected chi connectivity index (χ4v) is 3.46. The fourth-order valence-electron chi connectivity index (χ4n) is 2.40. The minimum Gasteiger partial charge on any atom is -0.329 e. The van der Waals surface area contributed by atoms with Crippen molar-refractivity contribution in [3.05, 3.63) is 29.3 Å². The lowest BCUT2D eigenvalue weighted by Crippen LogP contribution is -2.32. The van der Waals surface area contributed by atoms with Crippen LogP contribution in [0, 0.1) is 0 Å². The van der Waals surface area contributed by atoms with Crippen molar-refractivity contribution >= 4 is 35.3 Å². The van der Waals surface area contributed by atoms with E-state index >= 15 is 0 Å². The molecule has 3 rings (SSSR count). The van der Waals surface area contributed by atoms with E-state index in [1.165, 1.54) is 16.7 Å². The van der Waals surface area contributed by atoms with Crippen LogP contribution < -0.4 is 5.32 Å². The largest absolute Gasteiger partial charge is 0.329 e. The molecule has 0 atom stereocenters. The first-order valence-electron chi connectivity index (χ1n) is 7.50. The van der Waals surface area contributed by atoms with Gasteiger partial charge in [-0.15, -0.1) is 10.2 Å². The van der Waals surface area contributed by atoms with E-state index < -0.39 is 0 Å². The molecule has 0 spiro atoms. The van der Waals surface area contributed by atoms with E-state index in [1.807, 2.05) is 35.8 Å². The molecule has 24 heavy (non-hydrogen) atoms. The molecule has 1 aromatic carbocycles. The maximum atomic E-state index is 11.6. The molecule has 2 heterocycles. The summed E-state index contributed by atoms with van der Waals surface area (Å²) in [6.45, 7) is 3.16. The van der Waals surface area contributed by atoms with Crippen molar-refractivity contribution in [3.8, 4) is 11.4 Å². The van der Waals surface area contributed by atoms with E-state index in [2.05, 4.69) is 15.5 Å². The molecule has 1 N–H and O–H groups in total. The van der Waals surface area contributed by atoms with E-state index in [9.17, 15) is 9.59 Å². The molecule has 0 radical (unpaired) electrons. The molecule has 9 heteroatoms. The smallest absolute Gasteiger partial charge is 0.324 e. The predicted octanol–water partition coefficient (Wildman–Crippen LogP) is 2.26. The molecule has 1 aromatic heterocycles. The van der Waals surface area contributed by atoms with Gasteiger partial charge in [0.15, 0.2) is 11.0 Å². The summed E-state index contributed by atoms with van der Waals surface area (Å²) in [5, 5.41) is 12.4. The van der Waals surface area contributed by atoms with Crippen LogP contribution in [-0.4, -0.2) is 50.4 Å². The number of urea groups is 1. The summed E-state index contributed by atoms with van der Waals surface area (Å²) in [7, 11) is 0. The first-order valence-corrected chi connectivity index (χ1v) is 8.86. The minimum absolute atomic E-state index is 0.0787. The third-order valence-electron chi connectivity index (χ3n) is 3.62. The average molecular weight is 366 g/mol. The van der Waals surface area contributed by atoms with E-state index in [-0.39, 0.29) is 18.5 Å². The molecular weight excluding hydrogens is 350 g/mol. The summed E-state index contributed by atoms with van der Waals surface area (Å²) in [5.41, 5.74) is 0.940. The highest BCUT2D eigenvalue weighted by Gasteiger charge is 2.27. The summed E-state index contributed by atoms with van der Waals surface area (Å²) in [4.78, 5) is 24.3. The Bertz CT molecular complexity index is 746. The Kier molecular flexibility index (Phi) is 5.06. The number of hydrogen-bond donors (Lipinski definition) is 1. The number of carbonyl (C=O) groups is 2. The number of thioether (sulfide) groups is 1. The normalized spacial score (nSPS) is 14.3. The molecule has 1 aliphatic rings. The Labute approximate surface area is 148 Å². The number of nitrogens with zero attached hydrogens (tertiary/aromatic N) is 4. The molecule has 2 aromatic rings. The number of hydrogen-bond acceptors (Lipinski definition) is 5. The Hall–Kier alpha value is -2.06. The first-order chi connectivity index (χ1) is 11.6. The highest BCUT2D eigenvalue weighted by Crippen LogP contribution is 2.25. The van der Waals surface area contributed by atoms with Gasteiger partial charge in [0.25, 0.3) is 0 Å². The molecule has 0 aliphatic carbocycles. The van der Waals surface area contributed by atoms with E-state index in [1.54, 1.807) is 0 Å². The zero-order valence-corrected chi connectivity index (χ0v) is 14.6. The van der Waals surface area contributed by atoms with Crippen molar-refractivity contribution in [1.29, 1.82) is 0 Å². The fraction of sp³-hybridized carbons (Fsp3) is 0.333. The number of halogens is 1. The average Bonchev–Trinajstić information content (AvgIpc) is 3.13. The lowest BCUT2D eigenvalue weighted by Gasteiger charge is -2.12. The standard InChI is InChI=1S/C15H16ClN5O2S/c1-2-20-13(10-3-5-11(16)6-4-10)18-19-15(20)24-8-7-21-12(22)9-17-14(21)23/h3-6H,2,7-9H2,1H3,(H,17,23). The maximum Gasteiger partial charge on any atom is 0.324 e. The van der Waals surface area contributed by atoms with Crippen LogP contribution in [0.4, 0.5) is 4.79 Å². The lowest BCUT2D eigenvalue weighted by atomic mass is 10.2.